The lowest BCUT2D eigenvalue weighted by atomic mass is 9.95. The van der Waals surface area contributed by atoms with Gasteiger partial charge in [-0.1, -0.05) is 0 Å². The lowest BCUT2D eigenvalue weighted by Crippen LogP contribution is -2.29. The number of aromatic nitrogens is 2. The Hall–Kier alpha value is -0.680. The summed E-state index contributed by atoms with van der Waals surface area (Å²) in [4.78, 5) is 11.7. The predicted molar refractivity (Wildman–Crippen MR) is 63.3 cm³/mol. The molecule has 1 aromatic heterocycles. The largest absolute Gasteiger partial charge is 0.380 e. The van der Waals surface area contributed by atoms with Crippen LogP contribution in [-0.2, 0) is 23.0 Å². The van der Waals surface area contributed by atoms with Gasteiger partial charge in [0.1, 0.15) is 5.78 Å². The van der Waals surface area contributed by atoms with Gasteiger partial charge in [0.25, 0.3) is 0 Å². The van der Waals surface area contributed by atoms with Gasteiger partial charge in [0.2, 0.25) is 0 Å². The predicted octanol–water partition coefficient (Wildman–Crippen LogP) is 1.64. The van der Waals surface area contributed by atoms with Crippen molar-refractivity contribution in [3.05, 3.63) is 15.9 Å². The Balaban J connectivity index is 2.16. The van der Waals surface area contributed by atoms with Gasteiger partial charge in [0.05, 0.1) is 29.1 Å². The zero-order chi connectivity index (χ0) is 11.7. The second kappa shape index (κ2) is 4.67. The van der Waals surface area contributed by atoms with Crippen LogP contribution in [0, 0.1) is 12.8 Å². The van der Waals surface area contributed by atoms with Crippen molar-refractivity contribution in [3.63, 3.8) is 0 Å². The zero-order valence-corrected chi connectivity index (χ0v) is 11.1. The van der Waals surface area contributed by atoms with E-state index in [9.17, 15) is 4.79 Å². The first-order chi connectivity index (χ1) is 7.59. The van der Waals surface area contributed by atoms with E-state index >= 15 is 0 Å². The third-order valence-corrected chi connectivity index (χ3v) is 4.00. The maximum absolute atomic E-state index is 11.7. The minimum Gasteiger partial charge on any atom is -0.380 e. The number of ether oxygens (including phenoxy) is 1. The monoisotopic (exact) mass is 286 g/mol. The van der Waals surface area contributed by atoms with Gasteiger partial charge < -0.3 is 4.74 Å². The Labute approximate surface area is 103 Å². The number of carbonyl (C=O) groups excluding carboxylic acids is 1. The number of hydrogen-bond donors (Lipinski definition) is 0. The van der Waals surface area contributed by atoms with Crippen LogP contribution in [0.3, 0.4) is 0 Å². The third-order valence-electron chi connectivity index (χ3n) is 2.97. The summed E-state index contributed by atoms with van der Waals surface area (Å²) in [5.41, 5.74) is 2.03. The third kappa shape index (κ3) is 2.20. The minimum atomic E-state index is -0.0140. The van der Waals surface area contributed by atoms with E-state index in [1.807, 2.05) is 18.7 Å². The lowest BCUT2D eigenvalue weighted by Gasteiger charge is -2.20. The summed E-state index contributed by atoms with van der Waals surface area (Å²) in [7, 11) is 1.90. The lowest BCUT2D eigenvalue weighted by molar-refractivity contribution is -0.130. The molecule has 1 unspecified atom stereocenters. The number of nitrogens with zero attached hydrogens (tertiary/aromatic N) is 2. The SMILES string of the molecule is Cc1nn(C)c(CC2COCCC2=O)c1Br. The first-order valence-corrected chi connectivity index (χ1v) is 6.17. The molecular formula is C11H15BrN2O2. The summed E-state index contributed by atoms with van der Waals surface area (Å²) in [5, 5.41) is 4.32. The first kappa shape index (κ1) is 11.8. The van der Waals surface area contributed by atoms with Gasteiger partial charge in [-0.2, -0.15) is 5.10 Å². The highest BCUT2D eigenvalue weighted by atomic mass is 79.9. The van der Waals surface area contributed by atoms with Gasteiger partial charge in [-0.15, -0.1) is 0 Å². The van der Waals surface area contributed by atoms with E-state index in [2.05, 4.69) is 21.0 Å². The average molecular weight is 287 g/mol. The maximum Gasteiger partial charge on any atom is 0.140 e. The topological polar surface area (TPSA) is 44.1 Å². The summed E-state index contributed by atoms with van der Waals surface area (Å²) >= 11 is 3.51. The highest BCUT2D eigenvalue weighted by Crippen LogP contribution is 2.24. The molecule has 0 aromatic carbocycles. The molecule has 1 saturated heterocycles. The number of ketones is 1. The number of rotatable bonds is 2. The normalized spacial score (nSPS) is 21.4. The van der Waals surface area contributed by atoms with Gasteiger partial charge in [-0.25, -0.2) is 0 Å². The molecule has 1 aromatic rings. The second-order valence-electron chi connectivity index (χ2n) is 4.16. The molecule has 0 N–H and O–H groups in total. The number of aryl methyl sites for hydroxylation is 2. The van der Waals surface area contributed by atoms with Gasteiger partial charge in [0, 0.05) is 25.8 Å². The highest BCUT2D eigenvalue weighted by Gasteiger charge is 2.25. The van der Waals surface area contributed by atoms with Crippen LogP contribution in [0.5, 0.6) is 0 Å². The molecule has 1 fully saturated rings. The Kier molecular flexibility index (Phi) is 3.44. The van der Waals surface area contributed by atoms with Crippen molar-refractivity contribution in [1.29, 1.82) is 0 Å². The molecular weight excluding hydrogens is 272 g/mol. The summed E-state index contributed by atoms with van der Waals surface area (Å²) in [6, 6.07) is 0. The van der Waals surface area contributed by atoms with Crippen LogP contribution in [0.4, 0.5) is 0 Å². The number of hydrogen-bond acceptors (Lipinski definition) is 3. The molecule has 1 aliphatic rings. The summed E-state index contributed by atoms with van der Waals surface area (Å²) < 4.78 is 8.19. The fourth-order valence-corrected chi connectivity index (χ4v) is 2.50. The average Bonchev–Trinajstić information content (AvgIpc) is 2.48. The fraction of sp³-hybridized carbons (Fsp3) is 0.636. The van der Waals surface area contributed by atoms with Gasteiger partial charge in [-0.3, -0.25) is 9.48 Å². The van der Waals surface area contributed by atoms with E-state index in [4.69, 9.17) is 4.74 Å². The van der Waals surface area contributed by atoms with Crippen molar-refractivity contribution >= 4 is 21.7 Å². The fourth-order valence-electron chi connectivity index (χ4n) is 2.00. The summed E-state index contributed by atoms with van der Waals surface area (Å²) in [5.74, 6) is 0.289. The van der Waals surface area contributed by atoms with E-state index in [1.165, 1.54) is 0 Å². The van der Waals surface area contributed by atoms with Crippen molar-refractivity contribution in [2.75, 3.05) is 13.2 Å². The van der Waals surface area contributed by atoms with Crippen molar-refractivity contribution < 1.29 is 9.53 Å². The van der Waals surface area contributed by atoms with Crippen LogP contribution in [-0.4, -0.2) is 28.8 Å². The Morgan fingerprint density at radius 2 is 2.38 bits per heavy atom. The van der Waals surface area contributed by atoms with Gasteiger partial charge >= 0.3 is 0 Å². The van der Waals surface area contributed by atoms with Crippen LogP contribution < -0.4 is 0 Å². The smallest absolute Gasteiger partial charge is 0.140 e. The molecule has 5 heteroatoms. The zero-order valence-electron chi connectivity index (χ0n) is 9.49. The molecule has 88 valence electrons. The first-order valence-electron chi connectivity index (χ1n) is 5.38. The van der Waals surface area contributed by atoms with Crippen LogP contribution in [0.1, 0.15) is 17.8 Å². The summed E-state index contributed by atoms with van der Waals surface area (Å²) in [6.45, 7) is 3.06. The standard InChI is InChI=1S/C11H15BrN2O2/c1-7-11(12)9(14(2)13-7)5-8-6-16-4-3-10(8)15/h8H,3-6H2,1-2H3. The van der Waals surface area contributed by atoms with Gasteiger partial charge in [-0.05, 0) is 22.9 Å². The quantitative estimate of drug-likeness (QED) is 0.830. The van der Waals surface area contributed by atoms with E-state index in [1.54, 1.807) is 0 Å². The van der Waals surface area contributed by atoms with Crippen LogP contribution in [0.2, 0.25) is 0 Å². The molecule has 2 heterocycles. The van der Waals surface area contributed by atoms with E-state index in [0.717, 1.165) is 15.9 Å². The van der Waals surface area contributed by atoms with Crippen molar-refractivity contribution in [1.82, 2.24) is 9.78 Å². The van der Waals surface area contributed by atoms with Crippen molar-refractivity contribution in [2.45, 2.75) is 19.8 Å². The van der Waals surface area contributed by atoms with E-state index in [0.29, 0.717) is 31.8 Å². The Bertz CT molecular complexity index is 414. The van der Waals surface area contributed by atoms with Crippen LogP contribution in [0.15, 0.2) is 4.47 Å². The van der Waals surface area contributed by atoms with Gasteiger partial charge in [0.15, 0.2) is 0 Å². The Morgan fingerprint density at radius 3 is 2.94 bits per heavy atom. The molecule has 0 bridgehead atoms. The molecule has 1 aliphatic heterocycles. The van der Waals surface area contributed by atoms with Crippen LogP contribution in [0.25, 0.3) is 0 Å². The molecule has 1 atom stereocenters. The second-order valence-corrected chi connectivity index (χ2v) is 4.95. The molecule has 4 nitrogen and oxygen atoms in total. The molecule has 0 amide bonds. The summed E-state index contributed by atoms with van der Waals surface area (Å²) in [6.07, 6.45) is 1.25. The maximum atomic E-state index is 11.7. The van der Waals surface area contributed by atoms with Crippen molar-refractivity contribution in [2.24, 2.45) is 13.0 Å². The molecule has 0 spiro atoms. The number of carbonyl (C=O) groups is 1. The molecule has 0 radical (unpaired) electrons. The van der Waals surface area contributed by atoms with Crippen LogP contribution >= 0.6 is 15.9 Å². The van der Waals surface area contributed by atoms with E-state index < -0.39 is 0 Å². The molecule has 2 rings (SSSR count). The minimum absolute atomic E-state index is 0.0140. The number of Topliss-reactive ketones (excluding diaryl/α,β-unsaturated/α-hetero) is 1. The Morgan fingerprint density at radius 1 is 1.62 bits per heavy atom. The molecule has 0 saturated carbocycles. The highest BCUT2D eigenvalue weighted by molar-refractivity contribution is 9.10. The van der Waals surface area contributed by atoms with Crippen molar-refractivity contribution in [3.8, 4) is 0 Å². The van der Waals surface area contributed by atoms with E-state index in [-0.39, 0.29) is 5.92 Å². The molecule has 0 aliphatic carbocycles. The number of halogens is 1. The molecule has 16 heavy (non-hydrogen) atoms.